The fourth-order valence-corrected chi connectivity index (χ4v) is 3.17. The molecule has 0 spiro atoms. The molecule has 1 aromatic carbocycles. The first-order valence-corrected chi connectivity index (χ1v) is 7.33. The maximum atomic E-state index is 7.27. The molecule has 0 aliphatic carbocycles. The average Bonchev–Trinajstić information content (AvgIpc) is 3.00. The molecule has 1 aromatic heterocycles. The zero-order chi connectivity index (χ0) is 14.8. The fraction of sp³-hybridized carbons (Fsp3) is 0.312. The van der Waals surface area contributed by atoms with Gasteiger partial charge in [-0.1, -0.05) is 16.9 Å². The highest BCUT2D eigenvalue weighted by Gasteiger charge is 2.28. The highest BCUT2D eigenvalue weighted by Crippen LogP contribution is 2.39. The van der Waals surface area contributed by atoms with E-state index < -0.39 is 0 Å². The lowest BCUT2D eigenvalue weighted by Gasteiger charge is -2.28. The summed E-state index contributed by atoms with van der Waals surface area (Å²) in [6.45, 7) is 2.99. The lowest BCUT2D eigenvalue weighted by molar-refractivity contribution is -0.0909. The largest absolute Gasteiger partial charge is 0.364 e. The molecule has 1 aliphatic rings. The predicted octanol–water partition coefficient (Wildman–Crippen LogP) is 1.90. The molecule has 1 atom stereocenters. The second-order valence-corrected chi connectivity index (χ2v) is 5.60. The summed E-state index contributed by atoms with van der Waals surface area (Å²) in [5.74, 6) is 0. The number of hydrogen-bond donors (Lipinski definition) is 1. The summed E-state index contributed by atoms with van der Waals surface area (Å²) in [5, 5.41) is 7.88. The molecule has 2 aromatic rings. The van der Waals surface area contributed by atoms with Crippen molar-refractivity contribution >= 4 is 17.3 Å². The minimum atomic E-state index is 0.288. The number of aromatic nitrogens is 2. The minimum absolute atomic E-state index is 0.288. The molecule has 1 saturated heterocycles. The van der Waals surface area contributed by atoms with E-state index in [4.69, 9.17) is 16.9 Å². The van der Waals surface area contributed by atoms with Gasteiger partial charge >= 0.3 is 6.07 Å². The van der Waals surface area contributed by atoms with E-state index >= 15 is 0 Å². The van der Waals surface area contributed by atoms with Crippen molar-refractivity contribution in [2.75, 3.05) is 11.4 Å². The number of nitrogens with zero attached hydrogens (tertiary/aromatic N) is 3. The summed E-state index contributed by atoms with van der Waals surface area (Å²) in [7, 11) is 0. The number of halogens is 1. The first kappa shape index (κ1) is 13.8. The van der Waals surface area contributed by atoms with E-state index in [1.165, 1.54) is 0 Å². The highest BCUT2D eigenvalue weighted by atomic mass is 35.5. The van der Waals surface area contributed by atoms with Gasteiger partial charge in [0.1, 0.15) is 11.9 Å². The smallest absolute Gasteiger partial charge is 0.310 e. The third-order valence-corrected chi connectivity index (χ3v) is 4.51. The zero-order valence-corrected chi connectivity index (χ0v) is 12.6. The van der Waals surface area contributed by atoms with Crippen LogP contribution in [0.5, 0.6) is 0 Å². The van der Waals surface area contributed by atoms with Gasteiger partial charge in [0.05, 0.1) is 11.1 Å². The maximum absolute atomic E-state index is 7.27. The first-order chi connectivity index (χ1) is 10.2. The van der Waals surface area contributed by atoms with E-state index in [-0.39, 0.29) is 6.04 Å². The summed E-state index contributed by atoms with van der Waals surface area (Å²) < 4.78 is 0. The molecular formula is C16H16ClN4+. The Morgan fingerprint density at radius 1 is 1.33 bits per heavy atom. The molecule has 5 heteroatoms. The fourth-order valence-electron chi connectivity index (χ4n) is 2.97. The van der Waals surface area contributed by atoms with Gasteiger partial charge in [-0.2, -0.15) is 0 Å². The van der Waals surface area contributed by atoms with E-state index in [2.05, 4.69) is 20.9 Å². The summed E-state index contributed by atoms with van der Waals surface area (Å²) in [4.78, 5) is 10.6. The normalized spacial score (nSPS) is 17.8. The first-order valence-electron chi connectivity index (χ1n) is 6.95. The van der Waals surface area contributed by atoms with Gasteiger partial charge < -0.3 is 4.90 Å². The summed E-state index contributed by atoms with van der Waals surface area (Å²) in [6, 6.07) is 6.55. The van der Waals surface area contributed by atoms with Crippen molar-refractivity contribution in [3.63, 3.8) is 0 Å². The molecule has 106 valence electrons. The Morgan fingerprint density at radius 3 is 2.81 bits per heavy atom. The summed E-state index contributed by atoms with van der Waals surface area (Å²) >= 11 is 6.34. The van der Waals surface area contributed by atoms with E-state index in [0.717, 1.165) is 36.2 Å². The van der Waals surface area contributed by atoms with Crippen LogP contribution in [-0.2, 0) is 0 Å². The van der Waals surface area contributed by atoms with Crippen LogP contribution in [0.15, 0.2) is 30.9 Å². The Morgan fingerprint density at radius 2 is 2.10 bits per heavy atom. The minimum Gasteiger partial charge on any atom is -0.364 e. The Kier molecular flexibility index (Phi) is 3.76. The van der Waals surface area contributed by atoms with Crippen molar-refractivity contribution < 1.29 is 5.26 Å². The van der Waals surface area contributed by atoms with Crippen LogP contribution in [0.1, 0.15) is 35.6 Å². The molecule has 4 nitrogen and oxygen atoms in total. The molecule has 1 N–H and O–H groups in total. The van der Waals surface area contributed by atoms with E-state index in [9.17, 15) is 0 Å². The van der Waals surface area contributed by atoms with Crippen molar-refractivity contribution in [3.05, 3.63) is 52.6 Å². The summed E-state index contributed by atoms with van der Waals surface area (Å²) in [5.41, 5.74) is 3.88. The average molecular weight is 300 g/mol. The zero-order valence-electron chi connectivity index (χ0n) is 11.8. The van der Waals surface area contributed by atoms with Gasteiger partial charge in [0, 0.05) is 30.2 Å². The Hall–Kier alpha value is -2.12. The molecular weight excluding hydrogens is 284 g/mol. The lowest BCUT2D eigenvalue weighted by atomic mass is 10.1. The third kappa shape index (κ3) is 2.45. The monoisotopic (exact) mass is 299 g/mol. The van der Waals surface area contributed by atoms with Crippen LogP contribution in [0.25, 0.3) is 0 Å². The maximum Gasteiger partial charge on any atom is 0.310 e. The van der Waals surface area contributed by atoms with Crippen molar-refractivity contribution in [1.82, 2.24) is 9.97 Å². The van der Waals surface area contributed by atoms with Gasteiger partial charge in [0.15, 0.2) is 0 Å². The van der Waals surface area contributed by atoms with Crippen LogP contribution in [0.4, 0.5) is 5.69 Å². The van der Waals surface area contributed by atoms with Crippen LogP contribution in [0.3, 0.4) is 0 Å². The van der Waals surface area contributed by atoms with Crippen molar-refractivity contribution in [2.45, 2.75) is 25.8 Å². The Bertz CT molecular complexity index is 693. The topological polar surface area (TPSA) is 52.8 Å². The van der Waals surface area contributed by atoms with Gasteiger partial charge in [-0.15, -0.1) is 0 Å². The Balaban J connectivity index is 2.00. The molecule has 21 heavy (non-hydrogen) atoms. The van der Waals surface area contributed by atoms with Crippen LogP contribution in [0, 0.1) is 13.0 Å². The predicted molar refractivity (Wildman–Crippen MR) is 81.5 cm³/mol. The quantitative estimate of drug-likeness (QED) is 0.921. The van der Waals surface area contributed by atoms with Crippen molar-refractivity contribution in [1.29, 1.82) is 0 Å². The molecule has 0 amide bonds. The lowest BCUT2D eigenvalue weighted by Crippen LogP contribution is -2.24. The molecule has 3 rings (SSSR count). The molecule has 0 saturated carbocycles. The van der Waals surface area contributed by atoms with Gasteiger partial charge in [0.2, 0.25) is 0 Å². The van der Waals surface area contributed by atoms with Gasteiger partial charge in [0.25, 0.3) is 0 Å². The van der Waals surface area contributed by atoms with Crippen LogP contribution >= 0.6 is 11.6 Å². The second kappa shape index (κ2) is 5.71. The van der Waals surface area contributed by atoms with Crippen LogP contribution in [0.2, 0.25) is 5.02 Å². The molecule has 0 bridgehead atoms. The molecule has 2 heterocycles. The molecule has 1 fully saturated rings. The van der Waals surface area contributed by atoms with E-state index in [1.54, 1.807) is 6.33 Å². The number of anilines is 1. The number of benzene rings is 1. The van der Waals surface area contributed by atoms with Gasteiger partial charge in [-0.05, 0) is 37.5 Å². The molecule has 1 unspecified atom stereocenters. The Labute approximate surface area is 129 Å². The highest BCUT2D eigenvalue weighted by molar-refractivity contribution is 6.32. The van der Waals surface area contributed by atoms with E-state index in [1.807, 2.05) is 31.5 Å². The van der Waals surface area contributed by atoms with Crippen LogP contribution in [-0.4, -0.2) is 16.5 Å². The standard InChI is InChI=1S/C16H15ClN4/c1-11-14(5-4-12(7-18)16(11)17)21-6-2-3-15(21)13-8-19-10-20-9-13/h4-5,8-10,15H,2-3,6H2,1H3/p+1. The third-order valence-electron chi connectivity index (χ3n) is 4.02. The number of rotatable bonds is 2. The van der Waals surface area contributed by atoms with Crippen molar-refractivity contribution in [3.8, 4) is 6.07 Å². The van der Waals surface area contributed by atoms with Crippen molar-refractivity contribution in [2.24, 2.45) is 0 Å². The molecule has 1 aliphatic heterocycles. The molecule has 0 radical (unpaired) electrons. The van der Waals surface area contributed by atoms with Gasteiger partial charge in [-0.3, -0.25) is 0 Å². The number of hydrogen-bond acceptors (Lipinski definition) is 3. The summed E-state index contributed by atoms with van der Waals surface area (Å²) in [6.07, 6.45) is 7.54. The second-order valence-electron chi connectivity index (χ2n) is 5.22. The van der Waals surface area contributed by atoms with Gasteiger partial charge in [-0.25, -0.2) is 9.97 Å². The van der Waals surface area contributed by atoms with E-state index in [0.29, 0.717) is 10.6 Å². The number of nitrogens with one attached hydrogen (secondary N) is 1. The van der Waals surface area contributed by atoms with Crippen LogP contribution < -0.4 is 10.2 Å². The SMILES string of the molecule is Cc1c(N2CCCC2c2cncnc2)ccc(C#[NH+])c1Cl.